The lowest BCUT2D eigenvalue weighted by molar-refractivity contribution is 0.0962. The van der Waals surface area contributed by atoms with Crippen LogP contribution in [-0.4, -0.2) is 13.0 Å². The first-order chi connectivity index (χ1) is 7.19. The van der Waals surface area contributed by atoms with E-state index in [1.165, 1.54) is 7.05 Å². The Hall–Kier alpha value is -1.71. The topological polar surface area (TPSA) is 77.9 Å². The third kappa shape index (κ3) is 2.87. The van der Waals surface area contributed by atoms with E-state index in [1.807, 2.05) is 0 Å². The first kappa shape index (κ1) is 11.4. The fraction of sp³-hybridized carbons (Fsp3) is 0.222. The number of nitrogens with zero attached hydrogens (tertiary/aromatic N) is 3. The maximum absolute atomic E-state index is 11.4. The summed E-state index contributed by atoms with van der Waals surface area (Å²) in [5, 5.41) is 6.41. The molecule has 78 valence electrons. The molecule has 1 N–H and O–H groups in total. The van der Waals surface area contributed by atoms with Gasteiger partial charge in [-0.15, -0.1) is 0 Å². The molecule has 0 unspecified atom stereocenters. The van der Waals surface area contributed by atoms with Crippen LogP contribution in [0.4, 0.5) is 0 Å². The molecule has 0 saturated carbocycles. The second kappa shape index (κ2) is 5.24. The van der Waals surface area contributed by atoms with Gasteiger partial charge >= 0.3 is 0 Å². The summed E-state index contributed by atoms with van der Waals surface area (Å²) in [7, 11) is 1.54. The van der Waals surface area contributed by atoms with E-state index in [-0.39, 0.29) is 12.5 Å². The van der Waals surface area contributed by atoms with Gasteiger partial charge in [-0.05, 0) is 29.3 Å². The first-order valence-electron chi connectivity index (χ1n) is 4.20. The molecule has 0 fully saturated rings. The zero-order chi connectivity index (χ0) is 11.3. The Labute approximate surface area is 91.7 Å². The van der Waals surface area contributed by atoms with E-state index in [4.69, 9.17) is 17.1 Å². The van der Waals surface area contributed by atoms with E-state index in [0.29, 0.717) is 16.1 Å². The first-order valence-corrected chi connectivity index (χ1v) is 4.58. The van der Waals surface area contributed by atoms with Crippen molar-refractivity contribution in [2.75, 3.05) is 7.05 Å². The molecular weight excluding hydrogens is 216 g/mol. The molecule has 5 nitrogen and oxygen atoms in total. The molecule has 0 spiro atoms. The number of hydrogen-bond acceptors (Lipinski definition) is 2. The molecule has 1 aromatic carbocycles. The average molecular weight is 225 g/mol. The Balaban J connectivity index is 3.13. The number of hydrogen-bond donors (Lipinski definition) is 1. The normalized spacial score (nSPS) is 9.20. The van der Waals surface area contributed by atoms with Gasteiger partial charge < -0.3 is 5.32 Å². The highest BCUT2D eigenvalue weighted by atomic mass is 35.5. The average Bonchev–Trinajstić information content (AvgIpc) is 2.25. The summed E-state index contributed by atoms with van der Waals surface area (Å²) in [6.45, 7) is 0.111. The van der Waals surface area contributed by atoms with Gasteiger partial charge in [-0.25, -0.2) is 0 Å². The van der Waals surface area contributed by atoms with Gasteiger partial charge in [0.15, 0.2) is 0 Å². The number of nitrogens with one attached hydrogen (secondary N) is 1. The molecule has 15 heavy (non-hydrogen) atoms. The summed E-state index contributed by atoms with van der Waals surface area (Å²) in [6, 6.07) is 4.83. The second-order valence-corrected chi connectivity index (χ2v) is 3.21. The SMILES string of the molecule is CNC(=O)c1ccc(Cl)cc1CN=[N+]=[N-]. The van der Waals surface area contributed by atoms with Crippen LogP contribution in [0.3, 0.4) is 0 Å². The highest BCUT2D eigenvalue weighted by Gasteiger charge is 2.09. The van der Waals surface area contributed by atoms with Crippen molar-refractivity contribution in [3.05, 3.63) is 44.8 Å². The summed E-state index contributed by atoms with van der Waals surface area (Å²) >= 11 is 5.78. The number of benzene rings is 1. The maximum Gasteiger partial charge on any atom is 0.251 e. The molecule has 0 bridgehead atoms. The van der Waals surface area contributed by atoms with Crippen molar-refractivity contribution in [1.82, 2.24) is 5.32 Å². The van der Waals surface area contributed by atoms with Crippen LogP contribution in [0.15, 0.2) is 23.3 Å². The van der Waals surface area contributed by atoms with Gasteiger partial charge in [0.1, 0.15) is 0 Å². The number of carbonyl (C=O) groups is 1. The summed E-state index contributed by atoms with van der Waals surface area (Å²) in [5.74, 6) is -0.227. The lowest BCUT2D eigenvalue weighted by Gasteiger charge is -2.06. The van der Waals surface area contributed by atoms with E-state index in [1.54, 1.807) is 18.2 Å². The Kier molecular flexibility index (Phi) is 3.97. The zero-order valence-electron chi connectivity index (χ0n) is 8.07. The number of rotatable bonds is 3. The largest absolute Gasteiger partial charge is 0.355 e. The second-order valence-electron chi connectivity index (χ2n) is 2.77. The van der Waals surface area contributed by atoms with Gasteiger partial charge in [0, 0.05) is 22.5 Å². The standard InChI is InChI=1S/C9H9ClN4O/c1-12-9(15)8-3-2-7(10)4-6(8)5-13-14-11/h2-4H,5H2,1H3,(H,12,15). The van der Waals surface area contributed by atoms with Crippen LogP contribution < -0.4 is 5.32 Å². The highest BCUT2D eigenvalue weighted by Crippen LogP contribution is 2.17. The van der Waals surface area contributed by atoms with Gasteiger partial charge in [-0.2, -0.15) is 0 Å². The molecule has 0 heterocycles. The van der Waals surface area contributed by atoms with Crippen molar-refractivity contribution >= 4 is 17.5 Å². The molecular formula is C9H9ClN4O. The van der Waals surface area contributed by atoms with E-state index < -0.39 is 0 Å². The van der Waals surface area contributed by atoms with Crippen molar-refractivity contribution in [3.63, 3.8) is 0 Å². The molecule has 0 atom stereocenters. The molecule has 0 aliphatic rings. The predicted molar refractivity (Wildman–Crippen MR) is 57.7 cm³/mol. The van der Waals surface area contributed by atoms with Gasteiger partial charge in [-0.1, -0.05) is 16.7 Å². The van der Waals surface area contributed by atoms with Crippen LogP contribution in [0.5, 0.6) is 0 Å². The van der Waals surface area contributed by atoms with Crippen LogP contribution in [0.2, 0.25) is 5.02 Å². The predicted octanol–water partition coefficient (Wildman–Crippen LogP) is 2.51. The van der Waals surface area contributed by atoms with Crippen molar-refractivity contribution in [3.8, 4) is 0 Å². The minimum atomic E-state index is -0.227. The Morgan fingerprint density at radius 2 is 2.40 bits per heavy atom. The minimum Gasteiger partial charge on any atom is -0.355 e. The third-order valence-corrected chi connectivity index (χ3v) is 2.08. The Bertz CT molecular complexity index is 426. The molecule has 0 radical (unpaired) electrons. The van der Waals surface area contributed by atoms with Crippen molar-refractivity contribution in [1.29, 1.82) is 0 Å². The minimum absolute atomic E-state index is 0.111. The zero-order valence-corrected chi connectivity index (χ0v) is 8.82. The molecule has 1 rings (SSSR count). The lowest BCUT2D eigenvalue weighted by Crippen LogP contribution is -2.19. The number of halogens is 1. The summed E-state index contributed by atoms with van der Waals surface area (Å²) in [4.78, 5) is 14.1. The van der Waals surface area contributed by atoms with Gasteiger partial charge in [-0.3, -0.25) is 4.79 Å². The van der Waals surface area contributed by atoms with Gasteiger partial charge in [0.2, 0.25) is 0 Å². The van der Waals surface area contributed by atoms with Crippen molar-refractivity contribution in [2.45, 2.75) is 6.54 Å². The third-order valence-electron chi connectivity index (χ3n) is 1.84. The van der Waals surface area contributed by atoms with Crippen molar-refractivity contribution < 1.29 is 4.79 Å². The van der Waals surface area contributed by atoms with E-state index in [9.17, 15) is 4.79 Å². The Morgan fingerprint density at radius 1 is 1.67 bits per heavy atom. The quantitative estimate of drug-likeness (QED) is 0.478. The van der Waals surface area contributed by atoms with E-state index in [2.05, 4.69) is 15.3 Å². The maximum atomic E-state index is 11.4. The summed E-state index contributed by atoms with van der Waals surface area (Å²) < 4.78 is 0. The molecule has 0 aliphatic carbocycles. The van der Waals surface area contributed by atoms with Crippen LogP contribution in [0, 0.1) is 0 Å². The monoisotopic (exact) mass is 224 g/mol. The van der Waals surface area contributed by atoms with Gasteiger partial charge in [0.25, 0.3) is 5.91 Å². The lowest BCUT2D eigenvalue weighted by atomic mass is 10.1. The molecule has 0 aromatic heterocycles. The molecule has 0 aliphatic heterocycles. The van der Waals surface area contributed by atoms with E-state index >= 15 is 0 Å². The molecule has 0 saturated heterocycles. The fourth-order valence-electron chi connectivity index (χ4n) is 1.16. The Morgan fingerprint density at radius 3 is 3.00 bits per heavy atom. The fourth-order valence-corrected chi connectivity index (χ4v) is 1.35. The summed E-state index contributed by atoms with van der Waals surface area (Å²) in [6.07, 6.45) is 0. The van der Waals surface area contributed by atoms with E-state index in [0.717, 1.165) is 0 Å². The number of carbonyl (C=O) groups excluding carboxylic acids is 1. The summed E-state index contributed by atoms with van der Waals surface area (Å²) in [5.41, 5.74) is 9.29. The smallest absolute Gasteiger partial charge is 0.251 e. The van der Waals surface area contributed by atoms with Crippen LogP contribution in [0.25, 0.3) is 10.4 Å². The molecule has 1 amide bonds. The van der Waals surface area contributed by atoms with Crippen LogP contribution in [0.1, 0.15) is 15.9 Å². The van der Waals surface area contributed by atoms with Crippen molar-refractivity contribution in [2.24, 2.45) is 5.11 Å². The highest BCUT2D eigenvalue weighted by molar-refractivity contribution is 6.30. The number of amides is 1. The molecule has 6 heteroatoms. The van der Waals surface area contributed by atoms with Crippen LogP contribution >= 0.6 is 11.6 Å². The molecule has 1 aromatic rings. The number of azide groups is 1. The van der Waals surface area contributed by atoms with Crippen LogP contribution in [-0.2, 0) is 6.54 Å². The van der Waals surface area contributed by atoms with Gasteiger partial charge in [0.05, 0.1) is 6.54 Å².